The summed E-state index contributed by atoms with van der Waals surface area (Å²) in [7, 11) is 0. The van der Waals surface area contributed by atoms with E-state index in [2.05, 4.69) is 10.5 Å². The molecule has 0 fully saturated rings. The van der Waals surface area contributed by atoms with E-state index in [1.807, 2.05) is 13.0 Å². The lowest BCUT2D eigenvalue weighted by Gasteiger charge is -2.01. The zero-order chi connectivity index (χ0) is 11.4. The predicted octanol–water partition coefficient (Wildman–Crippen LogP) is 3.25. The van der Waals surface area contributed by atoms with Crippen molar-refractivity contribution in [3.8, 4) is 0 Å². The van der Waals surface area contributed by atoms with E-state index in [0.29, 0.717) is 5.76 Å². The third kappa shape index (κ3) is 2.48. The topological polar surface area (TPSA) is 37.5 Å². The van der Waals surface area contributed by atoms with E-state index in [0.717, 1.165) is 11.4 Å². The third-order valence-corrected chi connectivity index (χ3v) is 2.07. The van der Waals surface area contributed by atoms with Crippen LogP contribution in [0.25, 0.3) is 0 Å². The number of hydrogen-bond acceptors (Lipinski definition) is 3. The molecule has 0 bridgehead atoms. The zero-order valence-corrected chi connectivity index (χ0v) is 8.77. The first kappa shape index (κ1) is 10.4. The molecule has 0 radical (unpaired) electrons. The predicted molar refractivity (Wildman–Crippen MR) is 60.9 cm³/mol. The van der Waals surface area contributed by atoms with Gasteiger partial charge in [-0.3, -0.25) is 5.43 Å². The fourth-order valence-corrected chi connectivity index (χ4v) is 1.21. The Kier molecular flexibility index (Phi) is 3.00. The summed E-state index contributed by atoms with van der Waals surface area (Å²) in [5, 5.41) is 4.12. The Morgan fingerprint density at radius 2 is 2.00 bits per heavy atom. The highest BCUT2D eigenvalue weighted by molar-refractivity contribution is 5.96. The molecule has 1 aromatic carbocycles. The molecule has 0 aliphatic carbocycles. The van der Waals surface area contributed by atoms with E-state index in [1.165, 1.54) is 12.1 Å². The van der Waals surface area contributed by atoms with Gasteiger partial charge < -0.3 is 4.42 Å². The van der Waals surface area contributed by atoms with Crippen LogP contribution in [0.1, 0.15) is 12.7 Å². The molecule has 1 N–H and O–H groups in total. The Morgan fingerprint density at radius 3 is 2.62 bits per heavy atom. The van der Waals surface area contributed by atoms with Gasteiger partial charge in [0.15, 0.2) is 0 Å². The maximum atomic E-state index is 12.6. The zero-order valence-electron chi connectivity index (χ0n) is 8.77. The van der Waals surface area contributed by atoms with Gasteiger partial charge in [0, 0.05) is 0 Å². The van der Waals surface area contributed by atoms with Crippen molar-refractivity contribution < 1.29 is 8.81 Å². The first-order valence-electron chi connectivity index (χ1n) is 4.85. The molecule has 0 aliphatic rings. The molecular weight excluding hydrogens is 207 g/mol. The van der Waals surface area contributed by atoms with Gasteiger partial charge in [0.2, 0.25) is 0 Å². The Morgan fingerprint density at radius 1 is 1.25 bits per heavy atom. The summed E-state index contributed by atoms with van der Waals surface area (Å²) >= 11 is 0. The van der Waals surface area contributed by atoms with Gasteiger partial charge >= 0.3 is 0 Å². The van der Waals surface area contributed by atoms with E-state index in [-0.39, 0.29) is 5.82 Å². The molecule has 2 aromatic rings. The second-order valence-electron chi connectivity index (χ2n) is 3.29. The fourth-order valence-electron chi connectivity index (χ4n) is 1.21. The highest BCUT2D eigenvalue weighted by Crippen LogP contribution is 2.09. The second kappa shape index (κ2) is 4.61. The van der Waals surface area contributed by atoms with E-state index in [4.69, 9.17) is 4.42 Å². The highest BCUT2D eigenvalue weighted by atomic mass is 19.1. The van der Waals surface area contributed by atoms with Crippen LogP contribution < -0.4 is 5.43 Å². The minimum atomic E-state index is -0.266. The van der Waals surface area contributed by atoms with Crippen molar-refractivity contribution in [2.24, 2.45) is 5.10 Å². The van der Waals surface area contributed by atoms with Crippen LogP contribution >= 0.6 is 0 Å². The number of nitrogens with zero attached hydrogens (tertiary/aromatic N) is 1. The molecule has 2 rings (SSSR count). The molecule has 0 amide bonds. The highest BCUT2D eigenvalue weighted by Gasteiger charge is 1.99. The van der Waals surface area contributed by atoms with Crippen molar-refractivity contribution >= 4 is 11.4 Å². The molecule has 1 heterocycles. The fraction of sp³-hybridized carbons (Fsp3) is 0.0833. The molecule has 16 heavy (non-hydrogen) atoms. The summed E-state index contributed by atoms with van der Waals surface area (Å²) < 4.78 is 17.8. The molecule has 0 atom stereocenters. The van der Waals surface area contributed by atoms with Gasteiger partial charge in [-0.05, 0) is 43.3 Å². The summed E-state index contributed by atoms with van der Waals surface area (Å²) in [6.45, 7) is 1.83. The summed E-state index contributed by atoms with van der Waals surface area (Å²) in [6, 6.07) is 9.61. The standard InChI is InChI=1S/C12H11FN2O/c1-9(12-3-2-8-16-12)14-15-11-6-4-10(13)5-7-11/h2-8,15H,1H3/b14-9+. The van der Waals surface area contributed by atoms with E-state index < -0.39 is 0 Å². The van der Waals surface area contributed by atoms with Crippen LogP contribution in [0, 0.1) is 5.82 Å². The number of anilines is 1. The van der Waals surface area contributed by atoms with Gasteiger partial charge in [-0.15, -0.1) is 0 Å². The van der Waals surface area contributed by atoms with Gasteiger partial charge in [-0.25, -0.2) is 4.39 Å². The van der Waals surface area contributed by atoms with Gasteiger partial charge in [-0.1, -0.05) is 0 Å². The van der Waals surface area contributed by atoms with Gasteiger partial charge in [-0.2, -0.15) is 5.10 Å². The van der Waals surface area contributed by atoms with Gasteiger partial charge in [0.1, 0.15) is 17.3 Å². The van der Waals surface area contributed by atoms with Crippen molar-refractivity contribution in [2.45, 2.75) is 6.92 Å². The number of hydrazone groups is 1. The Bertz CT molecular complexity index is 474. The van der Waals surface area contributed by atoms with Crippen molar-refractivity contribution in [2.75, 3.05) is 5.43 Å². The molecule has 82 valence electrons. The van der Waals surface area contributed by atoms with Crippen molar-refractivity contribution in [3.63, 3.8) is 0 Å². The molecule has 3 nitrogen and oxygen atoms in total. The second-order valence-corrected chi connectivity index (χ2v) is 3.29. The van der Waals surface area contributed by atoms with Crippen molar-refractivity contribution in [3.05, 3.63) is 54.2 Å². The minimum absolute atomic E-state index is 0.266. The third-order valence-electron chi connectivity index (χ3n) is 2.07. The maximum Gasteiger partial charge on any atom is 0.149 e. The first-order valence-corrected chi connectivity index (χ1v) is 4.85. The van der Waals surface area contributed by atoms with Crippen LogP contribution in [-0.2, 0) is 0 Å². The summed E-state index contributed by atoms with van der Waals surface area (Å²) in [6.07, 6.45) is 1.59. The summed E-state index contributed by atoms with van der Waals surface area (Å²) in [4.78, 5) is 0. The van der Waals surface area contributed by atoms with Crippen LogP contribution in [0.15, 0.2) is 52.2 Å². The van der Waals surface area contributed by atoms with Crippen molar-refractivity contribution in [1.82, 2.24) is 0 Å². The van der Waals surface area contributed by atoms with Crippen molar-refractivity contribution in [1.29, 1.82) is 0 Å². The molecule has 0 saturated carbocycles. The quantitative estimate of drug-likeness (QED) is 0.634. The molecule has 1 aromatic heterocycles. The maximum absolute atomic E-state index is 12.6. The monoisotopic (exact) mass is 218 g/mol. The molecule has 4 heteroatoms. The molecule has 0 unspecified atom stereocenters. The average molecular weight is 218 g/mol. The lowest BCUT2D eigenvalue weighted by Crippen LogP contribution is -1.97. The average Bonchev–Trinajstić information content (AvgIpc) is 2.81. The first-order chi connectivity index (χ1) is 7.75. The van der Waals surface area contributed by atoms with Gasteiger partial charge in [0.25, 0.3) is 0 Å². The molecule has 0 aliphatic heterocycles. The van der Waals surface area contributed by atoms with Crippen LogP contribution in [-0.4, -0.2) is 5.71 Å². The largest absolute Gasteiger partial charge is 0.463 e. The number of rotatable bonds is 3. The van der Waals surface area contributed by atoms with Crippen LogP contribution in [0.4, 0.5) is 10.1 Å². The van der Waals surface area contributed by atoms with Crippen LogP contribution in [0.5, 0.6) is 0 Å². The smallest absolute Gasteiger partial charge is 0.149 e. The van der Waals surface area contributed by atoms with E-state index >= 15 is 0 Å². The number of nitrogens with one attached hydrogen (secondary N) is 1. The SMILES string of the molecule is C/C(=N\Nc1ccc(F)cc1)c1ccco1. The molecule has 0 saturated heterocycles. The Labute approximate surface area is 92.6 Å². The summed E-state index contributed by atoms with van der Waals surface area (Å²) in [5.74, 6) is 0.437. The normalized spacial score (nSPS) is 11.5. The number of furan rings is 1. The number of benzene rings is 1. The van der Waals surface area contributed by atoms with Crippen LogP contribution in [0.2, 0.25) is 0 Å². The lowest BCUT2D eigenvalue weighted by atomic mass is 10.3. The number of halogens is 1. The molecule has 0 spiro atoms. The lowest BCUT2D eigenvalue weighted by molar-refractivity contribution is 0.557. The number of hydrogen-bond donors (Lipinski definition) is 1. The van der Waals surface area contributed by atoms with E-state index in [9.17, 15) is 4.39 Å². The molecular formula is C12H11FN2O. The van der Waals surface area contributed by atoms with Crippen LogP contribution in [0.3, 0.4) is 0 Å². The Balaban J connectivity index is 2.06. The summed E-state index contributed by atoms with van der Waals surface area (Å²) in [5.41, 5.74) is 4.28. The van der Waals surface area contributed by atoms with E-state index in [1.54, 1.807) is 24.5 Å². The van der Waals surface area contributed by atoms with Gasteiger partial charge in [0.05, 0.1) is 12.0 Å². The Hall–Kier alpha value is -2.10. The minimum Gasteiger partial charge on any atom is -0.463 e.